The lowest BCUT2D eigenvalue weighted by molar-refractivity contribution is 0.0239. The molecule has 0 bridgehead atoms. The predicted molar refractivity (Wildman–Crippen MR) is 159 cm³/mol. The Bertz CT molecular complexity index is 1360. The molecule has 0 saturated carbocycles. The van der Waals surface area contributed by atoms with Crippen molar-refractivity contribution >= 4 is 16.6 Å². The highest BCUT2D eigenvalue weighted by molar-refractivity contribution is 5.85. The maximum Gasteiger partial charge on any atom is 0.194 e. The number of benzene rings is 2. The standard InChI is InChI=1S/C32H41F3N4O4/c1-42-24-2-3-28-25(18-24)30(22(19-37-28)20-39-12-14-43-15-13-39)29(41)4-5-32(21-40)6-9-38(10-7-32)11-8-36-23-16-26(33)31(35)27(34)17-23/h2-3,16-19,29,36,40-41H,4-15,20-21H2,1H3/t29-/m1/s1. The minimum atomic E-state index is -1.47. The summed E-state index contributed by atoms with van der Waals surface area (Å²) < 4.78 is 51.2. The lowest BCUT2D eigenvalue weighted by Crippen LogP contribution is -2.43. The van der Waals surface area contributed by atoms with Crippen LogP contribution in [-0.4, -0.2) is 91.2 Å². The Hall–Kier alpha value is -2.96. The summed E-state index contributed by atoms with van der Waals surface area (Å²) in [6.07, 6.45) is 3.82. The molecule has 2 saturated heterocycles. The van der Waals surface area contributed by atoms with E-state index in [1.165, 1.54) is 0 Å². The third-order valence-corrected chi connectivity index (χ3v) is 8.97. The molecular weight excluding hydrogens is 561 g/mol. The van der Waals surface area contributed by atoms with Gasteiger partial charge in [0.25, 0.3) is 0 Å². The third kappa shape index (κ3) is 7.58. The van der Waals surface area contributed by atoms with Crippen LogP contribution in [0, 0.1) is 22.9 Å². The van der Waals surface area contributed by atoms with E-state index in [0.717, 1.165) is 73.2 Å². The summed E-state index contributed by atoms with van der Waals surface area (Å²) in [4.78, 5) is 9.22. The van der Waals surface area contributed by atoms with Crippen LogP contribution in [0.1, 0.15) is 42.9 Å². The number of rotatable bonds is 12. The van der Waals surface area contributed by atoms with Gasteiger partial charge in [-0.2, -0.15) is 0 Å². The van der Waals surface area contributed by atoms with Crippen LogP contribution in [-0.2, 0) is 11.3 Å². The van der Waals surface area contributed by atoms with Gasteiger partial charge in [-0.1, -0.05) is 0 Å². The molecule has 5 rings (SSSR count). The molecule has 8 nitrogen and oxygen atoms in total. The van der Waals surface area contributed by atoms with Gasteiger partial charge in [0.1, 0.15) is 5.75 Å². The van der Waals surface area contributed by atoms with Crippen molar-refractivity contribution in [3.63, 3.8) is 0 Å². The number of nitrogens with one attached hydrogen (secondary N) is 1. The number of nitrogens with zero attached hydrogens (tertiary/aromatic N) is 3. The van der Waals surface area contributed by atoms with Gasteiger partial charge >= 0.3 is 0 Å². The molecule has 11 heteroatoms. The van der Waals surface area contributed by atoms with E-state index in [4.69, 9.17) is 9.47 Å². The molecule has 2 aliphatic rings. The number of morpholine rings is 1. The average Bonchev–Trinajstić information content (AvgIpc) is 3.03. The van der Waals surface area contributed by atoms with Crippen LogP contribution >= 0.6 is 0 Å². The van der Waals surface area contributed by atoms with E-state index in [0.29, 0.717) is 51.4 Å². The second kappa shape index (κ2) is 14.2. The zero-order chi connectivity index (χ0) is 30.4. The molecule has 1 aromatic heterocycles. The summed E-state index contributed by atoms with van der Waals surface area (Å²) in [5.41, 5.74) is 2.53. The molecule has 3 heterocycles. The van der Waals surface area contributed by atoms with Crippen LogP contribution in [0.15, 0.2) is 36.5 Å². The Morgan fingerprint density at radius 2 is 1.77 bits per heavy atom. The number of aromatic nitrogens is 1. The van der Waals surface area contributed by atoms with E-state index in [2.05, 4.69) is 20.1 Å². The van der Waals surface area contributed by atoms with Crippen LogP contribution in [0.5, 0.6) is 5.75 Å². The molecule has 2 aliphatic heterocycles. The minimum absolute atomic E-state index is 0.0332. The number of hydrogen-bond acceptors (Lipinski definition) is 8. The van der Waals surface area contributed by atoms with Gasteiger partial charge in [-0.3, -0.25) is 9.88 Å². The second-order valence-electron chi connectivity index (χ2n) is 11.7. The normalized spacial score (nSPS) is 18.6. The van der Waals surface area contributed by atoms with E-state index in [9.17, 15) is 23.4 Å². The number of aliphatic hydroxyl groups excluding tert-OH is 2. The van der Waals surface area contributed by atoms with Crippen molar-refractivity contribution in [2.24, 2.45) is 5.41 Å². The first-order valence-electron chi connectivity index (χ1n) is 15.0. The number of aliphatic hydroxyl groups is 2. The first-order valence-corrected chi connectivity index (χ1v) is 15.0. The smallest absolute Gasteiger partial charge is 0.194 e. The number of halogens is 3. The molecule has 2 fully saturated rings. The Labute approximate surface area is 250 Å². The third-order valence-electron chi connectivity index (χ3n) is 8.97. The molecule has 0 unspecified atom stereocenters. The maximum atomic E-state index is 13.5. The second-order valence-corrected chi connectivity index (χ2v) is 11.7. The van der Waals surface area contributed by atoms with E-state index < -0.39 is 23.6 Å². The summed E-state index contributed by atoms with van der Waals surface area (Å²) in [7, 11) is 1.62. The van der Waals surface area contributed by atoms with Crippen molar-refractivity contribution < 1.29 is 32.9 Å². The first-order chi connectivity index (χ1) is 20.8. The van der Waals surface area contributed by atoms with Gasteiger partial charge in [-0.05, 0) is 73.5 Å². The summed E-state index contributed by atoms with van der Waals surface area (Å²) in [6, 6.07) is 7.61. The average molecular weight is 603 g/mol. The number of likely N-dealkylation sites (tertiary alicyclic amines) is 1. The number of pyridine rings is 1. The molecule has 3 aromatic rings. The Morgan fingerprint density at radius 1 is 1.05 bits per heavy atom. The molecule has 1 atom stereocenters. The number of fused-ring (bicyclic) bond motifs is 1. The summed E-state index contributed by atoms with van der Waals surface area (Å²) in [5.74, 6) is -3.21. The Balaban J connectivity index is 1.22. The summed E-state index contributed by atoms with van der Waals surface area (Å²) in [5, 5.41) is 26.0. The van der Waals surface area contributed by atoms with Gasteiger partial charge < -0.3 is 29.9 Å². The van der Waals surface area contributed by atoms with Crippen LogP contribution in [0.2, 0.25) is 0 Å². The topological polar surface area (TPSA) is 90.3 Å². The maximum absolute atomic E-state index is 13.5. The number of hydrogen-bond donors (Lipinski definition) is 3. The molecule has 0 amide bonds. The lowest BCUT2D eigenvalue weighted by Gasteiger charge is -2.41. The molecule has 2 aromatic carbocycles. The fraction of sp³-hybridized carbons (Fsp3) is 0.531. The SMILES string of the molecule is COc1ccc2ncc(CN3CCOCC3)c([C@H](O)CCC3(CO)CCN(CCNc4cc(F)c(F)c(F)c4)CC3)c2c1. The van der Waals surface area contributed by atoms with Crippen LogP contribution in [0.3, 0.4) is 0 Å². The van der Waals surface area contributed by atoms with E-state index in [-0.39, 0.29) is 17.7 Å². The highest BCUT2D eigenvalue weighted by Gasteiger charge is 2.35. The van der Waals surface area contributed by atoms with E-state index in [1.54, 1.807) is 7.11 Å². The fourth-order valence-electron chi connectivity index (χ4n) is 6.22. The van der Waals surface area contributed by atoms with Crippen molar-refractivity contribution in [2.75, 3.05) is 71.5 Å². The molecule has 43 heavy (non-hydrogen) atoms. The lowest BCUT2D eigenvalue weighted by atomic mass is 9.74. The number of ether oxygens (including phenoxy) is 2. The van der Waals surface area contributed by atoms with E-state index >= 15 is 0 Å². The molecule has 3 N–H and O–H groups in total. The van der Waals surface area contributed by atoms with Crippen molar-refractivity contribution in [3.05, 3.63) is 65.1 Å². The van der Waals surface area contributed by atoms with Crippen LogP contribution in [0.25, 0.3) is 10.9 Å². The van der Waals surface area contributed by atoms with Crippen molar-refractivity contribution in [1.29, 1.82) is 0 Å². The predicted octanol–water partition coefficient (Wildman–Crippen LogP) is 4.49. The van der Waals surface area contributed by atoms with Gasteiger partial charge in [0, 0.05) is 68.7 Å². The van der Waals surface area contributed by atoms with Gasteiger partial charge in [0.15, 0.2) is 17.5 Å². The first kappa shape index (κ1) is 31.5. The molecule has 0 spiro atoms. The monoisotopic (exact) mass is 602 g/mol. The molecular formula is C32H41F3N4O4. The van der Waals surface area contributed by atoms with Gasteiger partial charge in [-0.15, -0.1) is 0 Å². The van der Waals surface area contributed by atoms with Gasteiger partial charge in [0.2, 0.25) is 0 Å². The zero-order valence-corrected chi connectivity index (χ0v) is 24.6. The van der Waals surface area contributed by atoms with Crippen molar-refractivity contribution in [3.8, 4) is 5.75 Å². The molecule has 234 valence electrons. The van der Waals surface area contributed by atoms with Crippen LogP contribution in [0.4, 0.5) is 18.9 Å². The highest BCUT2D eigenvalue weighted by atomic mass is 19.2. The largest absolute Gasteiger partial charge is 0.497 e. The number of anilines is 1. The highest BCUT2D eigenvalue weighted by Crippen LogP contribution is 2.40. The summed E-state index contributed by atoms with van der Waals surface area (Å²) in [6.45, 7) is 6.30. The molecule has 0 radical (unpaired) electrons. The number of methoxy groups -OCH3 is 1. The zero-order valence-electron chi connectivity index (χ0n) is 24.6. The van der Waals surface area contributed by atoms with Crippen molar-refractivity contribution in [1.82, 2.24) is 14.8 Å². The quantitative estimate of drug-likeness (QED) is 0.262. The van der Waals surface area contributed by atoms with Gasteiger partial charge in [0.05, 0.1) is 31.9 Å². The fourth-order valence-corrected chi connectivity index (χ4v) is 6.22. The van der Waals surface area contributed by atoms with Crippen LogP contribution < -0.4 is 10.1 Å². The minimum Gasteiger partial charge on any atom is -0.497 e. The Morgan fingerprint density at radius 3 is 2.44 bits per heavy atom. The number of piperidine rings is 1. The summed E-state index contributed by atoms with van der Waals surface area (Å²) >= 11 is 0. The molecule has 0 aliphatic carbocycles. The van der Waals surface area contributed by atoms with E-state index in [1.807, 2.05) is 24.4 Å². The Kier molecular flexibility index (Phi) is 10.4. The van der Waals surface area contributed by atoms with Crippen molar-refractivity contribution in [2.45, 2.75) is 38.3 Å². The van der Waals surface area contributed by atoms with Gasteiger partial charge in [-0.25, -0.2) is 13.2 Å².